The number of hydrogen-bond acceptors (Lipinski definition) is 6. The van der Waals surface area contributed by atoms with Crippen LogP contribution >= 0.6 is 0 Å². The number of carbonyl (C=O) groups excluding carboxylic acids is 2. The zero-order chi connectivity index (χ0) is 19.5. The largest absolute Gasteiger partial charge is 0.482 e. The normalized spacial score (nSPS) is 10.1. The van der Waals surface area contributed by atoms with E-state index in [0.717, 1.165) is 19.3 Å². The number of methoxy groups -OCH3 is 2. The van der Waals surface area contributed by atoms with Gasteiger partial charge in [-0.25, -0.2) is 9.59 Å². The number of rotatable bonds is 10. The summed E-state index contributed by atoms with van der Waals surface area (Å²) < 4.78 is 19.7. The zero-order valence-corrected chi connectivity index (χ0v) is 15.6. The van der Waals surface area contributed by atoms with E-state index in [1.54, 1.807) is 0 Å². The highest BCUT2D eigenvalue weighted by molar-refractivity contribution is 5.71. The summed E-state index contributed by atoms with van der Waals surface area (Å²) in [5.74, 6) is 0.486. The smallest absolute Gasteiger partial charge is 0.343 e. The lowest BCUT2D eigenvalue weighted by atomic mass is 10.0. The first-order chi connectivity index (χ1) is 13.1. The zero-order valence-electron chi connectivity index (χ0n) is 15.6. The van der Waals surface area contributed by atoms with Gasteiger partial charge in [-0.2, -0.15) is 0 Å². The summed E-state index contributed by atoms with van der Waals surface area (Å²) in [6.45, 7) is -0.176. The monoisotopic (exact) mass is 372 g/mol. The summed E-state index contributed by atoms with van der Waals surface area (Å²) in [6, 6.07) is 15.4. The van der Waals surface area contributed by atoms with Crippen molar-refractivity contribution in [3.63, 3.8) is 0 Å². The van der Waals surface area contributed by atoms with E-state index < -0.39 is 11.9 Å². The summed E-state index contributed by atoms with van der Waals surface area (Å²) >= 11 is 0. The van der Waals surface area contributed by atoms with Crippen molar-refractivity contribution >= 4 is 11.9 Å². The molecule has 2 aromatic rings. The molecule has 2 aromatic carbocycles. The van der Waals surface area contributed by atoms with E-state index in [-0.39, 0.29) is 13.2 Å². The van der Waals surface area contributed by atoms with Crippen molar-refractivity contribution in [1.82, 2.24) is 0 Å². The van der Waals surface area contributed by atoms with Gasteiger partial charge in [0.2, 0.25) is 0 Å². The molecular weight excluding hydrogens is 348 g/mol. The van der Waals surface area contributed by atoms with Gasteiger partial charge in [-0.05, 0) is 54.7 Å². The van der Waals surface area contributed by atoms with Gasteiger partial charge in [0.1, 0.15) is 11.5 Å². The highest BCUT2D eigenvalue weighted by atomic mass is 16.6. The fourth-order valence-corrected chi connectivity index (χ4v) is 2.40. The molecule has 0 aliphatic rings. The molecule has 0 saturated carbocycles. The molecule has 0 radical (unpaired) electrons. The molecule has 0 aliphatic carbocycles. The Kier molecular flexibility index (Phi) is 8.16. The van der Waals surface area contributed by atoms with E-state index in [4.69, 9.17) is 9.47 Å². The number of hydrogen-bond donors (Lipinski definition) is 0. The summed E-state index contributed by atoms with van der Waals surface area (Å²) in [5.41, 5.74) is 2.41. The van der Waals surface area contributed by atoms with E-state index >= 15 is 0 Å². The highest BCUT2D eigenvalue weighted by Crippen LogP contribution is 2.16. The van der Waals surface area contributed by atoms with Crippen molar-refractivity contribution in [2.75, 3.05) is 27.4 Å². The predicted octanol–water partition coefficient (Wildman–Crippen LogP) is 2.97. The lowest BCUT2D eigenvalue weighted by molar-refractivity contribution is -0.143. The average Bonchev–Trinajstić information content (AvgIpc) is 2.72. The van der Waals surface area contributed by atoms with Gasteiger partial charge in [-0.3, -0.25) is 0 Å². The number of benzene rings is 2. The minimum Gasteiger partial charge on any atom is -0.482 e. The molecule has 0 amide bonds. The van der Waals surface area contributed by atoms with Crippen LogP contribution in [0.15, 0.2) is 48.5 Å². The fraction of sp³-hybridized carbons (Fsp3) is 0.333. The van der Waals surface area contributed by atoms with Crippen molar-refractivity contribution in [3.05, 3.63) is 59.7 Å². The highest BCUT2D eigenvalue weighted by Gasteiger charge is 2.03. The lowest BCUT2D eigenvalue weighted by Crippen LogP contribution is -2.12. The Morgan fingerprint density at radius 2 is 1.04 bits per heavy atom. The molecule has 27 heavy (non-hydrogen) atoms. The van der Waals surface area contributed by atoms with E-state index in [1.807, 2.05) is 48.5 Å². The molecule has 0 N–H and O–H groups in total. The Labute approximate surface area is 159 Å². The fourth-order valence-electron chi connectivity index (χ4n) is 2.40. The third-order valence-corrected chi connectivity index (χ3v) is 3.95. The third kappa shape index (κ3) is 7.40. The molecule has 0 fully saturated rings. The molecule has 0 spiro atoms. The maximum atomic E-state index is 11.1. The Balaban J connectivity index is 1.72. The first-order valence-electron chi connectivity index (χ1n) is 8.68. The molecule has 0 atom stereocenters. The van der Waals surface area contributed by atoms with Crippen LogP contribution in [0.25, 0.3) is 0 Å². The van der Waals surface area contributed by atoms with Crippen LogP contribution in [0.1, 0.15) is 17.5 Å². The van der Waals surface area contributed by atoms with E-state index in [9.17, 15) is 9.59 Å². The van der Waals surface area contributed by atoms with Crippen LogP contribution in [0.5, 0.6) is 11.5 Å². The van der Waals surface area contributed by atoms with Crippen LogP contribution < -0.4 is 9.47 Å². The molecule has 0 unspecified atom stereocenters. The second-order valence-corrected chi connectivity index (χ2v) is 5.87. The summed E-state index contributed by atoms with van der Waals surface area (Å²) in [6.07, 6.45) is 2.89. The van der Waals surface area contributed by atoms with E-state index in [0.29, 0.717) is 11.5 Å². The second-order valence-electron chi connectivity index (χ2n) is 5.87. The summed E-state index contributed by atoms with van der Waals surface area (Å²) in [4.78, 5) is 22.1. The van der Waals surface area contributed by atoms with Gasteiger partial charge in [-0.1, -0.05) is 24.3 Å². The van der Waals surface area contributed by atoms with Crippen molar-refractivity contribution in [2.45, 2.75) is 19.3 Å². The quantitative estimate of drug-likeness (QED) is 0.597. The number of esters is 2. The summed E-state index contributed by atoms with van der Waals surface area (Å²) in [7, 11) is 2.66. The van der Waals surface area contributed by atoms with Gasteiger partial charge in [0.25, 0.3) is 0 Å². The van der Waals surface area contributed by atoms with Crippen molar-refractivity contribution in [2.24, 2.45) is 0 Å². The van der Waals surface area contributed by atoms with Gasteiger partial charge >= 0.3 is 11.9 Å². The second kappa shape index (κ2) is 10.9. The summed E-state index contributed by atoms with van der Waals surface area (Å²) in [5, 5.41) is 0. The molecule has 0 aliphatic heterocycles. The molecule has 0 saturated heterocycles. The topological polar surface area (TPSA) is 71.1 Å². The third-order valence-electron chi connectivity index (χ3n) is 3.95. The average molecular weight is 372 g/mol. The van der Waals surface area contributed by atoms with Crippen LogP contribution in [-0.4, -0.2) is 39.4 Å². The maximum absolute atomic E-state index is 11.1. The molecule has 0 bridgehead atoms. The SMILES string of the molecule is COC(=O)COc1ccc(CCCc2ccc(OCC(=O)OC)cc2)cc1. The number of carbonyl (C=O) groups is 2. The van der Waals surface area contributed by atoms with Gasteiger partial charge in [-0.15, -0.1) is 0 Å². The van der Waals surface area contributed by atoms with Gasteiger partial charge < -0.3 is 18.9 Å². The number of aryl methyl sites for hydroxylation is 2. The Hall–Kier alpha value is -3.02. The van der Waals surface area contributed by atoms with E-state index in [2.05, 4.69) is 9.47 Å². The van der Waals surface area contributed by atoms with Crippen LogP contribution in [0.4, 0.5) is 0 Å². The van der Waals surface area contributed by atoms with Crippen LogP contribution in [0, 0.1) is 0 Å². The Morgan fingerprint density at radius 1 is 0.667 bits per heavy atom. The minimum atomic E-state index is -0.402. The van der Waals surface area contributed by atoms with Crippen LogP contribution in [0.3, 0.4) is 0 Å². The minimum absolute atomic E-state index is 0.0881. The molecule has 0 aromatic heterocycles. The van der Waals surface area contributed by atoms with Crippen molar-refractivity contribution in [3.8, 4) is 11.5 Å². The number of ether oxygens (including phenoxy) is 4. The Bertz CT molecular complexity index is 658. The van der Waals surface area contributed by atoms with Crippen LogP contribution in [-0.2, 0) is 31.9 Å². The molecule has 2 rings (SSSR count). The van der Waals surface area contributed by atoms with Crippen molar-refractivity contribution in [1.29, 1.82) is 0 Å². The van der Waals surface area contributed by atoms with Crippen molar-refractivity contribution < 1.29 is 28.5 Å². The molecular formula is C21H24O6. The lowest BCUT2D eigenvalue weighted by Gasteiger charge is -2.07. The van der Waals surface area contributed by atoms with Gasteiger partial charge in [0.05, 0.1) is 14.2 Å². The molecule has 6 heteroatoms. The van der Waals surface area contributed by atoms with Gasteiger partial charge in [0.15, 0.2) is 13.2 Å². The molecule has 6 nitrogen and oxygen atoms in total. The first kappa shape index (κ1) is 20.3. The molecule has 0 heterocycles. The first-order valence-corrected chi connectivity index (χ1v) is 8.68. The van der Waals surface area contributed by atoms with E-state index in [1.165, 1.54) is 25.3 Å². The van der Waals surface area contributed by atoms with Crippen LogP contribution in [0.2, 0.25) is 0 Å². The molecule has 144 valence electrons. The van der Waals surface area contributed by atoms with Gasteiger partial charge in [0, 0.05) is 0 Å². The maximum Gasteiger partial charge on any atom is 0.343 e. The standard InChI is InChI=1S/C21H24O6/c1-24-20(22)14-26-18-10-6-16(7-11-18)4-3-5-17-8-12-19(13-9-17)27-15-21(23)25-2/h6-13H,3-5,14-15H2,1-2H3. The Morgan fingerprint density at radius 3 is 1.37 bits per heavy atom. The predicted molar refractivity (Wildman–Crippen MR) is 99.9 cm³/mol.